The van der Waals surface area contributed by atoms with Crippen LogP contribution in [0.2, 0.25) is 0 Å². The second kappa shape index (κ2) is 26.8. The van der Waals surface area contributed by atoms with Crippen molar-refractivity contribution in [3.8, 4) is 0 Å². The number of cyclic esters (lactones) is 1. The van der Waals surface area contributed by atoms with Crippen LogP contribution >= 0.6 is 0 Å². The van der Waals surface area contributed by atoms with Crippen molar-refractivity contribution in [3.05, 3.63) is 45.7 Å². The zero-order valence-electron chi connectivity index (χ0n) is 48.6. The van der Waals surface area contributed by atoms with Gasteiger partial charge in [0.2, 0.25) is 5.43 Å². The lowest BCUT2D eigenvalue weighted by atomic mass is 9.68. The molecule has 5 rings (SSSR count). The van der Waals surface area contributed by atoms with Crippen LogP contribution in [-0.2, 0) is 44.4 Å². The first-order chi connectivity index (χ1) is 35.5. The zero-order valence-corrected chi connectivity index (χ0v) is 48.6. The summed E-state index contributed by atoms with van der Waals surface area (Å²) < 4.78 is 47.1. The summed E-state index contributed by atoms with van der Waals surface area (Å²) in [7, 11) is 10.9. The summed E-state index contributed by atoms with van der Waals surface area (Å²) >= 11 is 0. The quantitative estimate of drug-likeness (QED) is 0.0993. The summed E-state index contributed by atoms with van der Waals surface area (Å²) in [4.78, 5) is 43.5. The van der Waals surface area contributed by atoms with E-state index in [0.29, 0.717) is 69.4 Å². The fourth-order valence-electron chi connectivity index (χ4n) is 12.6. The third-order valence-corrected chi connectivity index (χ3v) is 17.0. The van der Waals surface area contributed by atoms with E-state index in [-0.39, 0.29) is 36.5 Å². The number of hydrogen-bond donors (Lipinski definition) is 5. The Morgan fingerprint density at radius 2 is 1.57 bits per heavy atom. The van der Waals surface area contributed by atoms with E-state index in [1.165, 1.54) is 13.1 Å². The Balaban J connectivity index is 1.33. The number of carboxylic acid groups (broad SMARTS) is 1. The monoisotopic (exact) mass is 1080 g/mol. The molecule has 3 saturated heterocycles. The highest BCUT2D eigenvalue weighted by Crippen LogP contribution is 2.45. The number of aromatic nitrogens is 1. The lowest BCUT2D eigenvalue weighted by Gasteiger charge is -2.52. The maximum Gasteiger partial charge on any atom is 0.341 e. The van der Waals surface area contributed by atoms with Crippen molar-refractivity contribution < 1.29 is 68.3 Å². The van der Waals surface area contributed by atoms with Gasteiger partial charge >= 0.3 is 11.9 Å². The maximum atomic E-state index is 14.8. The topological polar surface area (TPSA) is 232 Å². The highest BCUT2D eigenvalue weighted by molar-refractivity contribution is 5.92. The molecule has 434 valence electrons. The van der Waals surface area contributed by atoms with Crippen molar-refractivity contribution in [2.24, 2.45) is 23.7 Å². The van der Waals surface area contributed by atoms with E-state index >= 15 is 0 Å². The van der Waals surface area contributed by atoms with Crippen LogP contribution in [0.5, 0.6) is 0 Å². The number of benzene rings is 1. The Kier molecular flexibility index (Phi) is 22.4. The van der Waals surface area contributed by atoms with Gasteiger partial charge in [-0.1, -0.05) is 33.8 Å². The molecule has 0 aliphatic carbocycles. The molecule has 4 heterocycles. The molecular weight excluding hydrogens is 981 g/mol. The number of aliphatic hydroxyl groups excluding tert-OH is 2. The Morgan fingerprint density at radius 1 is 0.908 bits per heavy atom. The van der Waals surface area contributed by atoms with Crippen LogP contribution in [0.25, 0.3) is 10.9 Å². The number of fused-ring (bicyclic) bond motifs is 1. The summed E-state index contributed by atoms with van der Waals surface area (Å²) in [5.41, 5.74) is -3.52. The number of ether oxygens (including phenoxy) is 7. The van der Waals surface area contributed by atoms with E-state index in [2.05, 4.69) is 0 Å². The van der Waals surface area contributed by atoms with Gasteiger partial charge in [-0.2, -0.15) is 0 Å². The first-order valence-electron chi connectivity index (χ1n) is 27.7. The smallest absolute Gasteiger partial charge is 0.341 e. The van der Waals surface area contributed by atoms with E-state index < -0.39 is 107 Å². The molecule has 76 heavy (non-hydrogen) atoms. The van der Waals surface area contributed by atoms with Crippen LogP contribution in [0, 0.1) is 23.7 Å². The van der Waals surface area contributed by atoms with E-state index in [1.54, 1.807) is 57.7 Å². The first-order valence-corrected chi connectivity index (χ1v) is 27.7. The molecule has 5 N–H and O–H groups in total. The van der Waals surface area contributed by atoms with Gasteiger partial charge in [0.15, 0.2) is 6.29 Å². The van der Waals surface area contributed by atoms with Gasteiger partial charge in [0, 0.05) is 83.6 Å². The predicted molar refractivity (Wildman–Crippen MR) is 290 cm³/mol. The number of nitrogens with zero attached hydrogens (tertiary/aromatic N) is 4. The average Bonchev–Trinajstić information content (AvgIpc) is 3.34. The third kappa shape index (κ3) is 14.7. The summed E-state index contributed by atoms with van der Waals surface area (Å²) in [5, 5.41) is 60.1. The van der Waals surface area contributed by atoms with Crippen LogP contribution < -0.4 is 10.4 Å². The van der Waals surface area contributed by atoms with E-state index in [0.717, 1.165) is 12.0 Å². The summed E-state index contributed by atoms with van der Waals surface area (Å²) in [6, 6.07) is 4.72. The third-order valence-electron chi connectivity index (χ3n) is 17.0. The highest BCUT2D eigenvalue weighted by Gasteiger charge is 2.55. The fourth-order valence-corrected chi connectivity index (χ4v) is 12.6. The molecule has 2 aromatic rings. The minimum absolute atomic E-state index is 0.150. The number of aliphatic hydroxyl groups is 4. The SMILES string of the molecule is CC[C@H]1OC(=O)[C@H](C)C([C@H]2C[C@@](C)(OC)[C@@H](OCCCCOCCCc3ccc4c(c3)c(=O)c(C(=O)O)cn4N(C)C)[C@H](C)O2)[C@H](C)[C@@H](O[C@@H]2O[C@H](C)C[C@H](N(C)C)[C@H]2O)[C@](C)(O)C[C@@H](C)CN(C)[C@H](C)[C@@H](O)[C@]1(C)O. The Labute approximate surface area is 452 Å². The molecule has 0 bridgehead atoms. The lowest BCUT2D eigenvalue weighted by molar-refractivity contribution is -0.303. The van der Waals surface area contributed by atoms with Gasteiger partial charge in [0.1, 0.15) is 35.6 Å². The van der Waals surface area contributed by atoms with Gasteiger partial charge in [0.25, 0.3) is 0 Å². The fraction of sp³-hybridized carbons (Fsp3) is 0.807. The standard InChI is InChI=1S/C57H96N4O15/c1-17-45-57(10,69)49(64)37(6)60(15)31-33(2)29-55(8,68)50(76-54-48(63)43(58(11)12)27-34(3)73-54)35(4)46(36(5)53(67)75-45)44-30-56(9,70-16)51(38(7)74-44)72-26-19-18-24-71-25-20-21-39-22-23-42-40(28-39)47(62)41(52(65)66)32-61(42)59(13)14/h22-23,28,32-38,43-46,48-51,54,63-64,68-69H,17-21,24-27,29-31H2,1-16H3,(H,65,66)/t33-,34-,35+,36-,37-,38+,43+,44-,45-,46?,48-,49-,50-,51+,54+,55-,56-,57-/m1/s1. The lowest BCUT2D eigenvalue weighted by Crippen LogP contribution is -2.62. The number of carboxylic acids is 1. The number of pyridine rings is 1. The molecule has 3 aliphatic rings. The number of carbonyl (C=O) groups excluding carboxylic acids is 1. The molecule has 0 radical (unpaired) electrons. The van der Waals surface area contributed by atoms with Crippen molar-refractivity contribution >= 4 is 22.8 Å². The Morgan fingerprint density at radius 3 is 2.18 bits per heavy atom. The Hall–Kier alpha value is -3.31. The number of esters is 1. The molecule has 1 aromatic heterocycles. The van der Waals surface area contributed by atoms with Gasteiger partial charge in [-0.25, -0.2) is 4.79 Å². The second-order valence-corrected chi connectivity index (χ2v) is 23.7. The summed E-state index contributed by atoms with van der Waals surface area (Å²) in [6.45, 7) is 20.3. The molecule has 0 spiro atoms. The molecule has 3 fully saturated rings. The van der Waals surface area contributed by atoms with Gasteiger partial charge in [-0.15, -0.1) is 0 Å². The maximum absolute atomic E-state index is 14.8. The van der Waals surface area contributed by atoms with Crippen molar-refractivity contribution in [1.82, 2.24) is 14.5 Å². The molecular formula is C57H96N4O15. The van der Waals surface area contributed by atoms with Crippen LogP contribution in [-0.4, -0.2) is 205 Å². The molecule has 19 heteroatoms. The summed E-state index contributed by atoms with van der Waals surface area (Å²) in [6.07, 6.45) is -2.00. The first kappa shape index (κ1) is 63.5. The number of methoxy groups -OCH3 is 1. The molecule has 19 nitrogen and oxygen atoms in total. The highest BCUT2D eigenvalue weighted by atomic mass is 16.7. The minimum Gasteiger partial charge on any atom is -0.477 e. The molecule has 1 unspecified atom stereocenters. The van der Waals surface area contributed by atoms with Crippen molar-refractivity contribution in [1.29, 1.82) is 0 Å². The summed E-state index contributed by atoms with van der Waals surface area (Å²) in [5.74, 6) is -4.26. The number of unbranched alkanes of at least 4 members (excludes halogenated alkanes) is 1. The second-order valence-electron chi connectivity index (χ2n) is 23.7. The Bertz CT molecular complexity index is 2260. The molecule has 0 saturated carbocycles. The normalized spacial score (nSPS) is 37.6. The largest absolute Gasteiger partial charge is 0.477 e. The van der Waals surface area contributed by atoms with Crippen LogP contribution in [0.1, 0.15) is 130 Å². The molecule has 18 atom stereocenters. The van der Waals surface area contributed by atoms with Crippen LogP contribution in [0.4, 0.5) is 0 Å². The van der Waals surface area contributed by atoms with Crippen molar-refractivity contribution in [2.75, 3.05) is 73.7 Å². The van der Waals surface area contributed by atoms with Crippen LogP contribution in [0.3, 0.4) is 0 Å². The number of likely N-dealkylation sites (N-methyl/N-ethyl adjacent to an activating group) is 2. The van der Waals surface area contributed by atoms with E-state index in [9.17, 15) is 39.9 Å². The molecule has 3 aliphatic heterocycles. The van der Waals surface area contributed by atoms with Gasteiger partial charge in [0.05, 0.1) is 47.1 Å². The minimum atomic E-state index is -1.81. The number of carbonyl (C=O) groups is 2. The van der Waals surface area contributed by atoms with E-state index in [4.69, 9.17) is 33.2 Å². The van der Waals surface area contributed by atoms with Gasteiger partial charge < -0.3 is 73.5 Å². The number of aryl methyl sites for hydroxylation is 1. The number of hydrogen-bond acceptors (Lipinski definition) is 17. The molecule has 1 aromatic carbocycles. The molecule has 0 amide bonds. The van der Waals surface area contributed by atoms with Gasteiger partial charge in [-0.3, -0.25) is 14.3 Å². The van der Waals surface area contributed by atoms with Crippen LogP contribution in [0.15, 0.2) is 29.2 Å². The zero-order chi connectivity index (χ0) is 56.8. The predicted octanol–water partition coefficient (Wildman–Crippen LogP) is 4.84. The number of rotatable bonds is 18. The van der Waals surface area contributed by atoms with E-state index in [1.807, 2.05) is 84.6 Å². The average molecular weight is 1080 g/mol. The van der Waals surface area contributed by atoms with Gasteiger partial charge in [-0.05, 0) is 137 Å². The number of aromatic carboxylic acids is 1. The van der Waals surface area contributed by atoms with Crippen molar-refractivity contribution in [2.45, 2.75) is 205 Å². The van der Waals surface area contributed by atoms with Crippen molar-refractivity contribution in [3.63, 3.8) is 0 Å².